The highest BCUT2D eigenvalue weighted by molar-refractivity contribution is 8.19. The van der Waals surface area contributed by atoms with Crippen molar-refractivity contribution in [3.63, 3.8) is 0 Å². The van der Waals surface area contributed by atoms with Crippen LogP contribution in [0.3, 0.4) is 0 Å². The van der Waals surface area contributed by atoms with E-state index in [-0.39, 0.29) is 152 Å². The number of fused-ring (bicyclic) bond motifs is 3. The number of ketones is 2. The lowest BCUT2D eigenvalue weighted by Crippen LogP contribution is -2.22. The number of methoxy groups -OCH3 is 12. The minimum atomic E-state index is -0.430. The first-order valence-electron chi connectivity index (χ1n) is 40.7. The molecule has 9 aromatic carbocycles. The molecule has 2 saturated heterocycles. The summed E-state index contributed by atoms with van der Waals surface area (Å²) < 4.78 is 115. The quantitative estimate of drug-likeness (QED) is 0.0219. The average Bonchev–Trinajstić information content (AvgIpc) is 0.789. The van der Waals surface area contributed by atoms with Gasteiger partial charge >= 0.3 is 0 Å². The van der Waals surface area contributed by atoms with Crippen LogP contribution in [-0.2, 0) is 19.2 Å². The summed E-state index contributed by atoms with van der Waals surface area (Å²) in [6.07, 6.45) is -0.121. The standard InChI is InChI=1S/2C33H31NO9S.C33H30O10S/c1-18(33-23(35)17-28(36)44-33)19-6-9-21(10-7-19)34-12-13-42-32-30(37)29-26(41-5)15-22(38-2)16-27(29)43-31(32)20-8-11-24(39-3)25(14-20)40-4;1-18(32-33(36)34-19(2)44-32)22-9-7-8-10-23(22)41-13-14-42-31-29(35)28-26(40-6)16-21(37-3)17-27(28)43-30(31)20-11-12-24(38-4)25(15-20)39-5;1-18(33-23(34)17-28(35)44-33)19-6-9-21(10-7-19)41-12-13-42-32-30(36)29-26(40-5)15-22(37-2)16-27(29)43-31(32)20-8-11-24(38-3)25(14-20)39-4/h6-11,14-16,34H,12-13,17H2,1-5H3;7-12,15-17H,2,13-14H2,1,3-6H3,(H,34,36);6-11,14-16H,12-13,17H2,1-5H3/b33-18-;32-18-;33-18-. The van der Waals surface area contributed by atoms with Crippen molar-refractivity contribution in [2.24, 2.45) is 0 Å². The number of carbonyl (C=O) groups is 4. The van der Waals surface area contributed by atoms with Crippen molar-refractivity contribution < 1.29 is 113 Å². The lowest BCUT2D eigenvalue weighted by atomic mass is 10.0. The van der Waals surface area contributed by atoms with Crippen molar-refractivity contribution in [2.45, 2.75) is 33.6 Å². The number of anilines is 1. The molecular formula is C99H92N2O28S3. The van der Waals surface area contributed by atoms with Gasteiger partial charge in [-0.1, -0.05) is 49.0 Å². The molecule has 4 aromatic heterocycles. The fourth-order valence-corrected chi connectivity index (χ4v) is 16.9. The first-order chi connectivity index (χ1) is 63.8. The number of benzene rings is 9. The molecule has 6 heterocycles. The summed E-state index contributed by atoms with van der Waals surface area (Å²) in [4.78, 5) is 105. The first-order valence-corrected chi connectivity index (χ1v) is 43.1. The molecule has 0 saturated carbocycles. The first kappa shape index (κ1) is 94.6. The Morgan fingerprint density at radius 1 is 0.364 bits per heavy atom. The lowest BCUT2D eigenvalue weighted by molar-refractivity contribution is -0.120. The molecule has 30 nitrogen and oxygen atoms in total. The molecule has 0 spiro atoms. The van der Waals surface area contributed by atoms with Crippen LogP contribution in [0.15, 0.2) is 206 Å². The van der Waals surface area contributed by atoms with E-state index in [0.29, 0.717) is 111 Å². The van der Waals surface area contributed by atoms with Crippen LogP contribution in [0, 0.1) is 0 Å². The van der Waals surface area contributed by atoms with Crippen molar-refractivity contribution in [2.75, 3.05) is 130 Å². The predicted octanol–water partition coefficient (Wildman–Crippen LogP) is 16.2. The predicted molar refractivity (Wildman–Crippen MR) is 505 cm³/mol. The van der Waals surface area contributed by atoms with Crippen molar-refractivity contribution in [3.05, 3.63) is 241 Å². The largest absolute Gasteiger partial charge is 0.496 e. The van der Waals surface area contributed by atoms with Crippen molar-refractivity contribution >= 4 is 119 Å². The molecule has 2 fully saturated rings. The minimum absolute atomic E-state index is 0.00498. The topological polar surface area (TPSA) is 361 Å². The highest BCUT2D eigenvalue weighted by Gasteiger charge is 2.32. The molecule has 15 rings (SSSR count). The number of thioether (sulfide) groups is 2. The number of allylic oxidation sites excluding steroid dienone is 4. The van der Waals surface area contributed by atoms with E-state index in [4.69, 9.17) is 93.8 Å². The fourth-order valence-electron chi connectivity index (χ4n) is 14.4. The number of nitrogens with one attached hydrogen (secondary N) is 2. The van der Waals surface area contributed by atoms with Gasteiger partial charge in [-0.2, -0.15) is 0 Å². The Kier molecular flexibility index (Phi) is 30.8. The number of rotatable bonds is 33. The van der Waals surface area contributed by atoms with E-state index in [1.165, 1.54) is 96.7 Å². The maximum absolute atomic E-state index is 13.9. The van der Waals surface area contributed by atoms with Crippen LogP contribution < -0.4 is 117 Å². The molecule has 0 amide bonds. The zero-order chi connectivity index (χ0) is 94.1. The van der Waals surface area contributed by atoms with E-state index in [0.717, 1.165) is 62.6 Å². The maximum Gasteiger partial charge on any atom is 0.266 e. The molecule has 132 heavy (non-hydrogen) atoms. The molecule has 2 aliphatic rings. The van der Waals surface area contributed by atoms with E-state index in [1.54, 1.807) is 103 Å². The SMILES string of the molecule is C=c1[nH]c(=O)/c(=C(\C)c2ccccc2OCCOc2c(-c3ccc(OC)c(OC)c3)oc3cc(OC)cc(OC)c3c2=O)s1.COc1cc(OC)c2c(=O)c(OCCNc3ccc(/C(C)=C4\SC(=O)CC4=O)cc3)c(-c3ccc(OC)c(OC)c3)oc2c1.COc1cc(OC)c2c(=O)c(OCCOc3ccc(/C(C)=C4\SC(=O)CC4=O)cc3)c(-c3ccc(OC)c(OC)c3)oc2c1. The number of ether oxygens (including phenoxy) is 17. The Bertz CT molecular complexity index is 6760. The summed E-state index contributed by atoms with van der Waals surface area (Å²) in [6, 6.07) is 47.2. The number of H-pyrrole nitrogens is 1. The summed E-state index contributed by atoms with van der Waals surface area (Å²) >= 11 is 3.28. The van der Waals surface area contributed by atoms with E-state index in [9.17, 15) is 38.4 Å². The number of thiazole rings is 1. The number of carbonyl (C=O) groups excluding carboxylic acids is 4. The maximum atomic E-state index is 13.9. The second kappa shape index (κ2) is 43.0. The minimum Gasteiger partial charge on any atom is -0.496 e. The van der Waals surface area contributed by atoms with Crippen LogP contribution in [0.2, 0.25) is 0 Å². The number of aromatic nitrogens is 1. The molecular weight excluding hydrogens is 1760 g/mol. The molecule has 33 heteroatoms. The molecule has 2 aliphatic heterocycles. The summed E-state index contributed by atoms with van der Waals surface area (Å²) in [6.45, 7) is 10.1. The summed E-state index contributed by atoms with van der Waals surface area (Å²) in [7, 11) is 18.1. The third kappa shape index (κ3) is 20.8. The number of Topliss-reactive ketones (excluding diaryl/α,β-unsaturated/α-hetero) is 2. The van der Waals surface area contributed by atoms with Gasteiger partial charge in [0.2, 0.25) is 43.8 Å². The lowest BCUT2D eigenvalue weighted by Gasteiger charge is -2.16. The summed E-state index contributed by atoms with van der Waals surface area (Å²) in [5.74, 6) is 6.51. The van der Waals surface area contributed by atoms with E-state index in [2.05, 4.69) is 16.9 Å². The van der Waals surface area contributed by atoms with Gasteiger partial charge in [-0.15, -0.1) is 11.3 Å². The average molecular weight is 1850 g/mol. The Labute approximate surface area is 768 Å². The van der Waals surface area contributed by atoms with Crippen LogP contribution in [-0.4, -0.2) is 152 Å². The number of para-hydroxylation sites is 1. The molecule has 0 bridgehead atoms. The van der Waals surface area contributed by atoms with Crippen LogP contribution in [0.5, 0.6) is 97.7 Å². The second-order valence-corrected chi connectivity index (χ2v) is 32.1. The Hall–Kier alpha value is -15.0. The van der Waals surface area contributed by atoms with Gasteiger partial charge in [0.15, 0.2) is 63.3 Å². The Morgan fingerprint density at radius 3 is 1.08 bits per heavy atom. The molecule has 13 aromatic rings. The molecule has 0 unspecified atom stereocenters. The van der Waals surface area contributed by atoms with Crippen LogP contribution >= 0.6 is 34.9 Å². The van der Waals surface area contributed by atoms with Gasteiger partial charge in [0.1, 0.15) is 112 Å². The van der Waals surface area contributed by atoms with Gasteiger partial charge < -0.3 is 104 Å². The highest BCUT2D eigenvalue weighted by atomic mass is 32.2. The number of hydrogen-bond acceptors (Lipinski definition) is 32. The van der Waals surface area contributed by atoms with Crippen LogP contribution in [0.4, 0.5) is 5.69 Å². The van der Waals surface area contributed by atoms with Gasteiger partial charge in [0.05, 0.1) is 117 Å². The molecule has 684 valence electrons. The third-order valence-electron chi connectivity index (χ3n) is 21.0. The summed E-state index contributed by atoms with van der Waals surface area (Å²) in [5, 5.41) is 3.63. The molecule has 0 aliphatic carbocycles. The monoisotopic (exact) mass is 1850 g/mol. The Morgan fingerprint density at radius 2 is 0.727 bits per heavy atom. The van der Waals surface area contributed by atoms with E-state index < -0.39 is 16.3 Å². The van der Waals surface area contributed by atoms with Crippen molar-refractivity contribution in [1.29, 1.82) is 0 Å². The van der Waals surface area contributed by atoms with Crippen molar-refractivity contribution in [1.82, 2.24) is 4.98 Å². The fraction of sp³-hybridized carbons (Fsp3) is 0.232. The van der Waals surface area contributed by atoms with Gasteiger partial charge in [-0.25, -0.2) is 0 Å². The Balaban J connectivity index is 0.000000168. The zero-order valence-electron chi connectivity index (χ0n) is 74.6. The zero-order valence-corrected chi connectivity index (χ0v) is 77.1. The highest BCUT2D eigenvalue weighted by Crippen LogP contribution is 2.45. The second-order valence-electron chi connectivity index (χ2n) is 28.8. The van der Waals surface area contributed by atoms with E-state index in [1.807, 2.05) is 81.4 Å². The smallest absolute Gasteiger partial charge is 0.266 e. The van der Waals surface area contributed by atoms with Crippen molar-refractivity contribution in [3.8, 4) is 132 Å². The number of aromatic amines is 1. The van der Waals surface area contributed by atoms with Crippen LogP contribution in [0.25, 0.3) is 90.2 Å². The van der Waals surface area contributed by atoms with Gasteiger partial charge in [-0.05, 0) is 157 Å². The van der Waals surface area contributed by atoms with E-state index >= 15 is 0 Å². The molecule has 0 radical (unpaired) electrons. The third-order valence-corrected chi connectivity index (χ3v) is 24.3. The molecule has 2 N–H and O–H groups in total. The normalized spacial score (nSPS) is 13.2. The van der Waals surface area contributed by atoms with Gasteiger partial charge in [-0.3, -0.25) is 38.4 Å². The summed E-state index contributed by atoms with van der Waals surface area (Å²) in [5.41, 5.74) is 6.47. The molecule has 0 atom stereocenters. The number of hydrogen-bond donors (Lipinski definition) is 2. The van der Waals surface area contributed by atoms with Gasteiger partial charge in [0.25, 0.3) is 5.56 Å². The van der Waals surface area contributed by atoms with Gasteiger partial charge in [0, 0.05) is 70.9 Å². The van der Waals surface area contributed by atoms with Crippen LogP contribution in [0.1, 0.15) is 50.3 Å².